The Kier molecular flexibility index (Phi) is 3.22. The molecule has 1 heterocycles. The van der Waals surface area contributed by atoms with Gasteiger partial charge in [0.25, 0.3) is 10.2 Å². The van der Waals surface area contributed by atoms with Gasteiger partial charge in [0.15, 0.2) is 6.29 Å². The summed E-state index contributed by atoms with van der Waals surface area (Å²) in [4.78, 5) is 0. The molecule has 5 N–H and O–H groups in total. The molecule has 0 aliphatic carbocycles. The molecular weight excluding hydrogens is 200 g/mol. The van der Waals surface area contributed by atoms with Gasteiger partial charge in [-0.05, 0) is 0 Å². The van der Waals surface area contributed by atoms with E-state index < -0.39 is 28.7 Å². The number of aliphatic hydroxyl groups is 2. The fourth-order valence-corrected chi connectivity index (χ4v) is 1.49. The Bertz CT molecular complexity index is 256. The third kappa shape index (κ3) is 3.55. The van der Waals surface area contributed by atoms with Crippen LogP contribution in [0.3, 0.4) is 0 Å². The number of ether oxygens (including phenoxy) is 1. The lowest BCUT2D eigenvalue weighted by molar-refractivity contribution is -0.125. The van der Waals surface area contributed by atoms with Crippen molar-refractivity contribution in [2.45, 2.75) is 24.9 Å². The van der Waals surface area contributed by atoms with Crippen LogP contribution < -0.4 is 9.86 Å². The molecule has 1 rings (SSSR count). The molecule has 0 aromatic heterocycles. The number of rotatable bonds is 3. The van der Waals surface area contributed by atoms with Gasteiger partial charge in [-0.3, -0.25) is 0 Å². The summed E-state index contributed by atoms with van der Waals surface area (Å²) in [6.45, 7) is -0.0487. The van der Waals surface area contributed by atoms with Crippen LogP contribution in [0.1, 0.15) is 6.42 Å². The molecule has 8 heteroatoms. The van der Waals surface area contributed by atoms with E-state index in [0.29, 0.717) is 0 Å². The average Bonchev–Trinajstić information content (AvgIpc) is 2.27. The highest BCUT2D eigenvalue weighted by Gasteiger charge is 2.32. The van der Waals surface area contributed by atoms with Crippen LogP contribution in [0.2, 0.25) is 0 Å². The smallest absolute Gasteiger partial charge is 0.274 e. The van der Waals surface area contributed by atoms with Gasteiger partial charge in [0.05, 0.1) is 6.10 Å². The Morgan fingerprint density at radius 3 is 2.54 bits per heavy atom. The third-order valence-electron chi connectivity index (χ3n) is 1.68. The minimum absolute atomic E-state index is 0.0487. The minimum atomic E-state index is -3.74. The van der Waals surface area contributed by atoms with Gasteiger partial charge in [0.2, 0.25) is 0 Å². The Balaban J connectivity index is 2.33. The van der Waals surface area contributed by atoms with Crippen molar-refractivity contribution in [3.63, 3.8) is 0 Å². The first kappa shape index (κ1) is 10.8. The number of aliphatic hydroxyl groups excluding tert-OH is 2. The number of nitrogens with two attached hydrogens (primary N) is 1. The third-order valence-corrected chi connectivity index (χ3v) is 2.25. The van der Waals surface area contributed by atoms with Crippen LogP contribution in [0, 0.1) is 0 Å². The molecule has 0 radical (unpaired) electrons. The van der Waals surface area contributed by atoms with Crippen LogP contribution in [-0.4, -0.2) is 43.7 Å². The zero-order chi connectivity index (χ0) is 10.1. The van der Waals surface area contributed by atoms with Crippen LogP contribution in [0.5, 0.6) is 0 Å². The highest BCUT2D eigenvalue weighted by atomic mass is 32.2. The van der Waals surface area contributed by atoms with Crippen molar-refractivity contribution in [2.75, 3.05) is 6.54 Å². The largest absolute Gasteiger partial charge is 0.388 e. The molecule has 7 nitrogen and oxygen atoms in total. The first-order chi connectivity index (χ1) is 5.88. The summed E-state index contributed by atoms with van der Waals surface area (Å²) in [6.07, 6.45) is -2.56. The maximum Gasteiger partial charge on any atom is 0.274 e. The molecule has 0 aromatic carbocycles. The van der Waals surface area contributed by atoms with Gasteiger partial charge in [-0.15, -0.1) is 0 Å². The Hall–Kier alpha value is -0.250. The van der Waals surface area contributed by atoms with E-state index in [1.807, 2.05) is 4.72 Å². The molecule has 1 saturated heterocycles. The van der Waals surface area contributed by atoms with Crippen molar-refractivity contribution < 1.29 is 23.4 Å². The van der Waals surface area contributed by atoms with Crippen LogP contribution in [0.25, 0.3) is 0 Å². The summed E-state index contributed by atoms with van der Waals surface area (Å²) in [5, 5.41) is 22.6. The van der Waals surface area contributed by atoms with Crippen molar-refractivity contribution in [1.29, 1.82) is 0 Å². The predicted octanol–water partition coefficient (Wildman–Crippen LogP) is -2.75. The molecule has 78 valence electrons. The molecule has 1 fully saturated rings. The van der Waals surface area contributed by atoms with Gasteiger partial charge in [-0.1, -0.05) is 0 Å². The second-order valence-corrected chi connectivity index (χ2v) is 4.22. The zero-order valence-corrected chi connectivity index (χ0v) is 7.57. The van der Waals surface area contributed by atoms with E-state index >= 15 is 0 Å². The van der Waals surface area contributed by atoms with Crippen LogP contribution >= 0.6 is 0 Å². The molecule has 1 aliphatic heterocycles. The summed E-state index contributed by atoms with van der Waals surface area (Å²) < 4.78 is 27.7. The maximum atomic E-state index is 10.4. The predicted molar refractivity (Wildman–Crippen MR) is 42.6 cm³/mol. The van der Waals surface area contributed by atoms with Crippen LogP contribution in [0.4, 0.5) is 0 Å². The molecule has 3 atom stereocenters. The number of hydrogen-bond acceptors (Lipinski definition) is 5. The molecule has 3 unspecified atom stereocenters. The van der Waals surface area contributed by atoms with Crippen LogP contribution in [0.15, 0.2) is 0 Å². The average molecular weight is 212 g/mol. The van der Waals surface area contributed by atoms with Crippen molar-refractivity contribution in [3.05, 3.63) is 0 Å². The van der Waals surface area contributed by atoms with E-state index in [-0.39, 0.29) is 13.0 Å². The Labute approximate surface area is 75.7 Å². The quantitative estimate of drug-likeness (QED) is 0.404. The molecular formula is C5H12N2O5S. The molecule has 0 spiro atoms. The monoisotopic (exact) mass is 212 g/mol. The van der Waals surface area contributed by atoms with Crippen molar-refractivity contribution in [2.24, 2.45) is 5.14 Å². The van der Waals surface area contributed by atoms with Gasteiger partial charge in [0, 0.05) is 13.0 Å². The fourth-order valence-electron chi connectivity index (χ4n) is 1.07. The standard InChI is InChI=1S/C5H12N2O5S/c6-13(10,11)7-2-3-1-4(8)5(9)12-3/h3-5,7-9H,1-2H2,(H2,6,10,11). The van der Waals surface area contributed by atoms with Gasteiger partial charge >= 0.3 is 0 Å². The fraction of sp³-hybridized carbons (Fsp3) is 1.00. The van der Waals surface area contributed by atoms with Crippen LogP contribution in [-0.2, 0) is 14.9 Å². The summed E-state index contributed by atoms with van der Waals surface area (Å²) in [5.74, 6) is 0. The zero-order valence-electron chi connectivity index (χ0n) is 6.75. The highest BCUT2D eigenvalue weighted by Crippen LogP contribution is 2.17. The minimum Gasteiger partial charge on any atom is -0.388 e. The van der Waals surface area contributed by atoms with Gasteiger partial charge in [-0.25, -0.2) is 5.14 Å². The van der Waals surface area contributed by atoms with Gasteiger partial charge in [-0.2, -0.15) is 13.1 Å². The van der Waals surface area contributed by atoms with E-state index in [2.05, 4.69) is 5.14 Å². The topological polar surface area (TPSA) is 122 Å². The van der Waals surface area contributed by atoms with Gasteiger partial charge < -0.3 is 14.9 Å². The van der Waals surface area contributed by atoms with E-state index in [1.54, 1.807) is 0 Å². The van der Waals surface area contributed by atoms with E-state index in [1.165, 1.54) is 0 Å². The second kappa shape index (κ2) is 3.86. The molecule has 0 aromatic rings. The summed E-state index contributed by atoms with van der Waals surface area (Å²) in [7, 11) is -3.74. The van der Waals surface area contributed by atoms with Crippen molar-refractivity contribution in [1.82, 2.24) is 4.72 Å². The Morgan fingerprint density at radius 2 is 2.15 bits per heavy atom. The maximum absolute atomic E-state index is 10.4. The van der Waals surface area contributed by atoms with Crippen molar-refractivity contribution >= 4 is 10.2 Å². The van der Waals surface area contributed by atoms with Crippen molar-refractivity contribution in [3.8, 4) is 0 Å². The molecule has 0 saturated carbocycles. The molecule has 1 aliphatic rings. The highest BCUT2D eigenvalue weighted by molar-refractivity contribution is 7.87. The summed E-state index contributed by atoms with van der Waals surface area (Å²) in [5.41, 5.74) is 0. The Morgan fingerprint density at radius 1 is 1.54 bits per heavy atom. The lowest BCUT2D eigenvalue weighted by Crippen LogP contribution is -2.36. The molecule has 0 amide bonds. The SMILES string of the molecule is NS(=O)(=O)NCC1CC(O)C(O)O1. The first-order valence-corrected chi connectivity index (χ1v) is 5.22. The second-order valence-electron chi connectivity index (χ2n) is 2.85. The normalized spacial score (nSPS) is 35.2. The summed E-state index contributed by atoms with van der Waals surface area (Å²) in [6, 6.07) is 0. The number of hydrogen-bond donors (Lipinski definition) is 4. The van der Waals surface area contributed by atoms with Gasteiger partial charge in [0.1, 0.15) is 6.10 Å². The van der Waals surface area contributed by atoms with E-state index in [9.17, 15) is 8.42 Å². The summed E-state index contributed by atoms with van der Waals surface area (Å²) >= 11 is 0. The van der Waals surface area contributed by atoms with E-state index in [4.69, 9.17) is 14.9 Å². The number of nitrogens with one attached hydrogen (secondary N) is 1. The molecule has 0 bridgehead atoms. The molecule has 13 heavy (non-hydrogen) atoms. The van der Waals surface area contributed by atoms with E-state index in [0.717, 1.165) is 0 Å². The first-order valence-electron chi connectivity index (χ1n) is 3.67. The lowest BCUT2D eigenvalue weighted by Gasteiger charge is -2.09. The lowest BCUT2D eigenvalue weighted by atomic mass is 10.2.